The molecular formula is C20H20F3N3O4. The quantitative estimate of drug-likeness (QED) is 0.795. The van der Waals surface area contributed by atoms with Crippen LogP contribution in [0.25, 0.3) is 0 Å². The van der Waals surface area contributed by atoms with Crippen molar-refractivity contribution in [1.29, 1.82) is 0 Å². The lowest BCUT2D eigenvalue weighted by Gasteiger charge is -2.32. The van der Waals surface area contributed by atoms with Gasteiger partial charge in [0.1, 0.15) is 29.1 Å². The highest BCUT2D eigenvalue weighted by Gasteiger charge is 2.31. The van der Waals surface area contributed by atoms with Gasteiger partial charge in [0.2, 0.25) is 5.91 Å². The van der Waals surface area contributed by atoms with Gasteiger partial charge >= 0.3 is 6.36 Å². The molecule has 1 fully saturated rings. The predicted octanol–water partition coefficient (Wildman–Crippen LogP) is 3.62. The van der Waals surface area contributed by atoms with Crippen LogP contribution in [0.5, 0.6) is 11.5 Å². The summed E-state index contributed by atoms with van der Waals surface area (Å²) in [5, 5.41) is 2.53. The van der Waals surface area contributed by atoms with Crippen molar-refractivity contribution in [3.8, 4) is 11.5 Å². The zero-order valence-corrected chi connectivity index (χ0v) is 16.1. The molecule has 3 rings (SSSR count). The van der Waals surface area contributed by atoms with Gasteiger partial charge < -0.3 is 19.7 Å². The Morgan fingerprint density at radius 3 is 2.43 bits per heavy atom. The van der Waals surface area contributed by atoms with E-state index in [-0.39, 0.29) is 35.1 Å². The van der Waals surface area contributed by atoms with Crippen LogP contribution in [0.1, 0.15) is 30.3 Å². The fourth-order valence-corrected chi connectivity index (χ4v) is 3.08. The summed E-state index contributed by atoms with van der Waals surface area (Å²) in [7, 11) is 0. The molecule has 1 aliphatic rings. The van der Waals surface area contributed by atoms with E-state index in [9.17, 15) is 22.8 Å². The number of hydrogen-bond donors (Lipinski definition) is 1. The Balaban J connectivity index is 1.55. The lowest BCUT2D eigenvalue weighted by molar-refractivity contribution is -0.274. The van der Waals surface area contributed by atoms with E-state index in [1.807, 2.05) is 0 Å². The molecule has 1 saturated heterocycles. The van der Waals surface area contributed by atoms with E-state index in [1.54, 1.807) is 29.2 Å². The molecular weight excluding hydrogens is 403 g/mol. The Labute approximate surface area is 170 Å². The second kappa shape index (κ2) is 9.02. The molecule has 7 nitrogen and oxygen atoms in total. The summed E-state index contributed by atoms with van der Waals surface area (Å²) in [5.74, 6) is -0.326. The van der Waals surface area contributed by atoms with Crippen LogP contribution in [0.4, 0.5) is 19.0 Å². The molecule has 0 saturated carbocycles. The van der Waals surface area contributed by atoms with Crippen molar-refractivity contribution in [1.82, 2.24) is 9.88 Å². The second-order valence-electron chi connectivity index (χ2n) is 6.72. The summed E-state index contributed by atoms with van der Waals surface area (Å²) >= 11 is 0. The Morgan fingerprint density at radius 2 is 1.77 bits per heavy atom. The van der Waals surface area contributed by atoms with E-state index in [0.717, 1.165) is 0 Å². The van der Waals surface area contributed by atoms with Crippen molar-refractivity contribution in [3.63, 3.8) is 0 Å². The highest BCUT2D eigenvalue weighted by atomic mass is 19.4. The number of likely N-dealkylation sites (tertiary alicyclic amines) is 1. The highest BCUT2D eigenvalue weighted by molar-refractivity contribution is 5.93. The van der Waals surface area contributed by atoms with Gasteiger partial charge in [0.05, 0.1) is 0 Å². The highest BCUT2D eigenvalue weighted by Crippen LogP contribution is 2.28. The Bertz CT molecular complexity index is 912. The van der Waals surface area contributed by atoms with E-state index < -0.39 is 6.36 Å². The van der Waals surface area contributed by atoms with Crippen molar-refractivity contribution in [2.75, 3.05) is 18.4 Å². The number of rotatable bonds is 5. The molecule has 1 aromatic carbocycles. The van der Waals surface area contributed by atoms with Crippen LogP contribution >= 0.6 is 0 Å². The number of pyridine rings is 1. The van der Waals surface area contributed by atoms with Gasteiger partial charge in [0.15, 0.2) is 0 Å². The van der Waals surface area contributed by atoms with Crippen LogP contribution in [0.3, 0.4) is 0 Å². The summed E-state index contributed by atoms with van der Waals surface area (Å²) in [6, 6.07) is 10.2. The number of halogens is 3. The minimum atomic E-state index is -4.77. The molecule has 1 N–H and O–H groups in total. The molecule has 2 amide bonds. The first kappa shape index (κ1) is 21.4. The predicted molar refractivity (Wildman–Crippen MR) is 101 cm³/mol. The molecule has 10 heteroatoms. The second-order valence-corrected chi connectivity index (χ2v) is 6.72. The van der Waals surface area contributed by atoms with E-state index >= 15 is 0 Å². The van der Waals surface area contributed by atoms with Gasteiger partial charge in [-0.15, -0.1) is 13.2 Å². The first-order chi connectivity index (χ1) is 14.2. The standard InChI is InChI=1S/C20H20F3N3O4/c1-13(27)24-18-7-3-6-17(25-18)19(28)26-10-8-14(9-11-26)29-15-4-2-5-16(12-15)30-20(21,22)23/h2-7,12,14H,8-11H2,1H3,(H,24,25,27). The lowest BCUT2D eigenvalue weighted by atomic mass is 10.1. The Hall–Kier alpha value is -3.30. The molecule has 0 radical (unpaired) electrons. The average Bonchev–Trinajstić information content (AvgIpc) is 2.67. The number of hydrogen-bond acceptors (Lipinski definition) is 5. The largest absolute Gasteiger partial charge is 0.573 e. The number of nitrogens with zero attached hydrogens (tertiary/aromatic N) is 2. The van der Waals surface area contributed by atoms with Crippen molar-refractivity contribution >= 4 is 17.6 Å². The number of ether oxygens (including phenoxy) is 2. The molecule has 0 bridgehead atoms. The molecule has 1 aliphatic heterocycles. The third kappa shape index (κ3) is 6.10. The number of carbonyl (C=O) groups is 2. The zero-order valence-electron chi connectivity index (χ0n) is 16.1. The summed E-state index contributed by atoms with van der Waals surface area (Å²) in [4.78, 5) is 29.6. The van der Waals surface area contributed by atoms with Gasteiger partial charge in [-0.2, -0.15) is 0 Å². The summed E-state index contributed by atoms with van der Waals surface area (Å²) < 4.78 is 46.7. The molecule has 1 aromatic heterocycles. The van der Waals surface area contributed by atoms with Crippen LogP contribution in [0, 0.1) is 0 Å². The van der Waals surface area contributed by atoms with Gasteiger partial charge in [0, 0.05) is 38.9 Å². The van der Waals surface area contributed by atoms with Crippen molar-refractivity contribution in [3.05, 3.63) is 48.2 Å². The van der Waals surface area contributed by atoms with Crippen molar-refractivity contribution in [2.24, 2.45) is 0 Å². The smallest absolute Gasteiger partial charge is 0.490 e. The fourth-order valence-electron chi connectivity index (χ4n) is 3.08. The maximum atomic E-state index is 12.7. The fraction of sp³-hybridized carbons (Fsp3) is 0.350. The van der Waals surface area contributed by atoms with Crippen LogP contribution < -0.4 is 14.8 Å². The third-order valence-electron chi connectivity index (χ3n) is 4.34. The first-order valence-corrected chi connectivity index (χ1v) is 9.26. The number of carbonyl (C=O) groups excluding carboxylic acids is 2. The van der Waals surface area contributed by atoms with Crippen LogP contribution in [-0.2, 0) is 4.79 Å². The van der Waals surface area contributed by atoms with E-state index in [2.05, 4.69) is 15.0 Å². The summed E-state index contributed by atoms with van der Waals surface area (Å²) in [6.45, 7) is 2.18. The number of piperidine rings is 1. The number of alkyl halides is 3. The Kier molecular flexibility index (Phi) is 6.43. The maximum Gasteiger partial charge on any atom is 0.573 e. The summed E-state index contributed by atoms with van der Waals surface area (Å²) in [5.41, 5.74) is 0.220. The number of anilines is 1. The zero-order chi connectivity index (χ0) is 21.7. The van der Waals surface area contributed by atoms with Crippen LogP contribution in [0.15, 0.2) is 42.5 Å². The molecule has 2 heterocycles. The minimum Gasteiger partial charge on any atom is -0.490 e. The molecule has 0 unspecified atom stereocenters. The van der Waals surface area contributed by atoms with Crippen LogP contribution in [-0.4, -0.2) is 47.3 Å². The average molecular weight is 423 g/mol. The van der Waals surface area contributed by atoms with E-state index in [0.29, 0.717) is 31.7 Å². The van der Waals surface area contributed by atoms with Crippen molar-refractivity contribution in [2.45, 2.75) is 32.2 Å². The minimum absolute atomic E-state index is 0.220. The first-order valence-electron chi connectivity index (χ1n) is 9.26. The van der Waals surface area contributed by atoms with E-state index in [4.69, 9.17) is 4.74 Å². The lowest BCUT2D eigenvalue weighted by Crippen LogP contribution is -2.42. The van der Waals surface area contributed by atoms with Gasteiger partial charge in [-0.1, -0.05) is 12.1 Å². The van der Waals surface area contributed by atoms with Gasteiger partial charge in [-0.3, -0.25) is 9.59 Å². The number of aromatic nitrogens is 1. The number of amides is 2. The number of nitrogens with one attached hydrogen (secondary N) is 1. The van der Waals surface area contributed by atoms with Gasteiger partial charge in [-0.05, 0) is 24.3 Å². The van der Waals surface area contributed by atoms with Crippen LogP contribution in [0.2, 0.25) is 0 Å². The SMILES string of the molecule is CC(=O)Nc1cccc(C(=O)N2CCC(Oc3cccc(OC(F)(F)F)c3)CC2)n1. The molecule has 0 spiro atoms. The van der Waals surface area contributed by atoms with E-state index in [1.165, 1.54) is 25.1 Å². The molecule has 0 aliphatic carbocycles. The third-order valence-corrected chi connectivity index (χ3v) is 4.34. The topological polar surface area (TPSA) is 80.8 Å². The Morgan fingerprint density at radius 1 is 1.10 bits per heavy atom. The molecule has 160 valence electrons. The monoisotopic (exact) mass is 423 g/mol. The van der Waals surface area contributed by atoms with Crippen molar-refractivity contribution < 1.29 is 32.2 Å². The van der Waals surface area contributed by atoms with Gasteiger partial charge in [-0.25, -0.2) is 4.98 Å². The summed E-state index contributed by atoms with van der Waals surface area (Å²) in [6.07, 6.45) is -3.98. The number of benzene rings is 1. The maximum absolute atomic E-state index is 12.7. The molecule has 30 heavy (non-hydrogen) atoms. The molecule has 2 aromatic rings. The van der Waals surface area contributed by atoms with Gasteiger partial charge in [0.25, 0.3) is 5.91 Å². The molecule has 0 atom stereocenters. The normalized spacial score (nSPS) is 14.9.